The lowest BCUT2D eigenvalue weighted by Crippen LogP contribution is -2.34. The number of halogens is 1. The highest BCUT2D eigenvalue weighted by Crippen LogP contribution is 2.23. The molecule has 1 aliphatic rings. The van der Waals surface area contributed by atoms with Crippen LogP contribution in [0.15, 0.2) is 24.3 Å². The van der Waals surface area contributed by atoms with E-state index < -0.39 is 0 Å². The number of hydrogen-bond acceptors (Lipinski definition) is 3. The first-order valence-electron chi connectivity index (χ1n) is 6.85. The van der Waals surface area contributed by atoms with E-state index in [1.165, 1.54) is 0 Å². The Labute approximate surface area is 119 Å². The van der Waals surface area contributed by atoms with Gasteiger partial charge in [0, 0.05) is 18.2 Å². The topological polar surface area (TPSA) is 40.5 Å². The zero-order valence-corrected chi connectivity index (χ0v) is 11.8. The molecule has 0 amide bonds. The fraction of sp³-hybridized carbons (Fsp3) is 0.533. The van der Waals surface area contributed by atoms with Crippen molar-refractivity contribution in [2.24, 2.45) is 0 Å². The first-order chi connectivity index (χ1) is 9.22. The molecule has 104 valence electrons. The summed E-state index contributed by atoms with van der Waals surface area (Å²) in [5.41, 5.74) is 0.608. The second-order valence-corrected chi connectivity index (χ2v) is 5.44. The molecular formula is C15H20ClNO2. The van der Waals surface area contributed by atoms with E-state index in [4.69, 9.17) is 16.7 Å². The Hall–Kier alpha value is -0.900. The lowest BCUT2D eigenvalue weighted by atomic mass is 10.1. The van der Waals surface area contributed by atoms with Crippen LogP contribution in [0.4, 0.5) is 0 Å². The van der Waals surface area contributed by atoms with E-state index in [-0.39, 0.29) is 12.4 Å². The molecule has 3 nitrogen and oxygen atoms in total. The smallest absolute Gasteiger partial charge is 0.178 e. The molecule has 1 atom stereocenters. The number of nitrogens with zero attached hydrogens (tertiary/aromatic N) is 1. The molecule has 1 saturated heterocycles. The first kappa shape index (κ1) is 14.5. The van der Waals surface area contributed by atoms with E-state index in [0.717, 1.165) is 32.2 Å². The van der Waals surface area contributed by atoms with Gasteiger partial charge in [-0.15, -0.1) is 0 Å². The molecule has 0 radical (unpaired) electrons. The summed E-state index contributed by atoms with van der Waals surface area (Å²) >= 11 is 6.05. The van der Waals surface area contributed by atoms with Gasteiger partial charge in [0.15, 0.2) is 5.78 Å². The molecule has 1 unspecified atom stereocenters. The Bertz CT molecular complexity index is 436. The van der Waals surface area contributed by atoms with Gasteiger partial charge >= 0.3 is 0 Å². The molecule has 19 heavy (non-hydrogen) atoms. The average molecular weight is 282 g/mol. The largest absolute Gasteiger partial charge is 0.396 e. The van der Waals surface area contributed by atoms with Gasteiger partial charge in [-0.3, -0.25) is 9.69 Å². The third kappa shape index (κ3) is 3.78. The van der Waals surface area contributed by atoms with Gasteiger partial charge in [0.1, 0.15) is 0 Å². The molecule has 1 fully saturated rings. The van der Waals surface area contributed by atoms with Crippen molar-refractivity contribution in [2.45, 2.75) is 31.7 Å². The van der Waals surface area contributed by atoms with Crippen LogP contribution in [0.1, 0.15) is 36.0 Å². The summed E-state index contributed by atoms with van der Waals surface area (Å²) in [5.74, 6) is 0.0847. The van der Waals surface area contributed by atoms with E-state index in [2.05, 4.69) is 4.90 Å². The van der Waals surface area contributed by atoms with Crippen LogP contribution >= 0.6 is 11.6 Å². The summed E-state index contributed by atoms with van der Waals surface area (Å²) in [6.07, 6.45) is 4.02. The predicted molar refractivity (Wildman–Crippen MR) is 76.7 cm³/mol. The van der Waals surface area contributed by atoms with Gasteiger partial charge in [-0.25, -0.2) is 0 Å². The molecule has 1 N–H and O–H groups in total. The minimum atomic E-state index is 0.0847. The Balaban J connectivity index is 1.96. The first-order valence-corrected chi connectivity index (χ1v) is 7.23. The third-order valence-corrected chi connectivity index (χ3v) is 4.05. The number of Topliss-reactive ketones (excluding diaryl/α,β-unsaturated/α-hetero) is 1. The highest BCUT2D eigenvalue weighted by Gasteiger charge is 2.26. The molecule has 1 aromatic carbocycles. The SMILES string of the molecule is O=C(CN1CCCC1CCCO)c1ccccc1Cl. The van der Waals surface area contributed by atoms with Crippen LogP contribution in [0.3, 0.4) is 0 Å². The fourth-order valence-electron chi connectivity index (χ4n) is 2.71. The zero-order valence-electron chi connectivity index (χ0n) is 11.0. The number of aliphatic hydroxyl groups excluding tert-OH is 1. The molecule has 1 aromatic rings. The molecule has 0 aliphatic carbocycles. The van der Waals surface area contributed by atoms with Crippen molar-refractivity contribution in [3.05, 3.63) is 34.9 Å². The van der Waals surface area contributed by atoms with Crippen molar-refractivity contribution in [3.8, 4) is 0 Å². The van der Waals surface area contributed by atoms with E-state index in [9.17, 15) is 4.79 Å². The molecule has 0 saturated carbocycles. The summed E-state index contributed by atoms with van der Waals surface area (Å²) in [7, 11) is 0. The Kier molecular flexibility index (Phi) is 5.37. The number of ketones is 1. The maximum absolute atomic E-state index is 12.3. The van der Waals surface area contributed by atoms with Crippen molar-refractivity contribution in [2.75, 3.05) is 19.7 Å². The molecule has 1 heterocycles. The molecular weight excluding hydrogens is 262 g/mol. The van der Waals surface area contributed by atoms with Crippen molar-refractivity contribution < 1.29 is 9.90 Å². The second-order valence-electron chi connectivity index (χ2n) is 5.04. The summed E-state index contributed by atoms with van der Waals surface area (Å²) in [6.45, 7) is 1.62. The minimum absolute atomic E-state index is 0.0847. The van der Waals surface area contributed by atoms with Crippen LogP contribution in [0.2, 0.25) is 5.02 Å². The van der Waals surface area contributed by atoms with E-state index in [1.807, 2.05) is 12.1 Å². The standard InChI is InChI=1S/C15H20ClNO2/c16-14-8-2-1-7-13(14)15(19)11-17-9-3-5-12(17)6-4-10-18/h1-2,7-8,12,18H,3-6,9-11H2. The second kappa shape index (κ2) is 7.04. The Morgan fingerprint density at radius 2 is 2.21 bits per heavy atom. The van der Waals surface area contributed by atoms with Gasteiger partial charge in [-0.1, -0.05) is 23.7 Å². The van der Waals surface area contributed by atoms with Gasteiger partial charge in [0.25, 0.3) is 0 Å². The number of rotatable bonds is 6. The molecule has 1 aliphatic heterocycles. The lowest BCUT2D eigenvalue weighted by Gasteiger charge is -2.23. The van der Waals surface area contributed by atoms with E-state index in [0.29, 0.717) is 23.2 Å². The maximum atomic E-state index is 12.3. The minimum Gasteiger partial charge on any atom is -0.396 e. The van der Waals surface area contributed by atoms with Crippen LogP contribution in [0.25, 0.3) is 0 Å². The molecule has 2 rings (SSSR count). The third-order valence-electron chi connectivity index (χ3n) is 3.72. The van der Waals surface area contributed by atoms with Gasteiger partial charge in [0.05, 0.1) is 11.6 Å². The Morgan fingerprint density at radius 3 is 2.95 bits per heavy atom. The van der Waals surface area contributed by atoms with Crippen molar-refractivity contribution in [1.82, 2.24) is 4.90 Å². The summed E-state index contributed by atoms with van der Waals surface area (Å²) < 4.78 is 0. The van der Waals surface area contributed by atoms with Gasteiger partial charge in [-0.2, -0.15) is 0 Å². The molecule has 0 spiro atoms. The van der Waals surface area contributed by atoms with E-state index in [1.54, 1.807) is 12.1 Å². The average Bonchev–Trinajstić information content (AvgIpc) is 2.84. The van der Waals surface area contributed by atoms with Crippen LogP contribution in [0.5, 0.6) is 0 Å². The number of likely N-dealkylation sites (tertiary alicyclic amines) is 1. The fourth-order valence-corrected chi connectivity index (χ4v) is 2.96. The van der Waals surface area contributed by atoms with Crippen LogP contribution in [-0.2, 0) is 0 Å². The molecule has 4 heteroatoms. The number of carbonyl (C=O) groups is 1. The zero-order chi connectivity index (χ0) is 13.7. The summed E-state index contributed by atoms with van der Waals surface area (Å²) in [6, 6.07) is 7.63. The van der Waals surface area contributed by atoms with Crippen molar-refractivity contribution in [1.29, 1.82) is 0 Å². The van der Waals surface area contributed by atoms with Crippen molar-refractivity contribution >= 4 is 17.4 Å². The van der Waals surface area contributed by atoms with Crippen LogP contribution < -0.4 is 0 Å². The van der Waals surface area contributed by atoms with Crippen molar-refractivity contribution in [3.63, 3.8) is 0 Å². The predicted octanol–water partition coefficient (Wildman–Crippen LogP) is 2.76. The highest BCUT2D eigenvalue weighted by atomic mass is 35.5. The summed E-state index contributed by atoms with van der Waals surface area (Å²) in [4.78, 5) is 14.5. The van der Waals surface area contributed by atoms with Crippen LogP contribution in [0, 0.1) is 0 Å². The number of benzene rings is 1. The van der Waals surface area contributed by atoms with Gasteiger partial charge in [0.2, 0.25) is 0 Å². The highest BCUT2D eigenvalue weighted by molar-refractivity contribution is 6.34. The van der Waals surface area contributed by atoms with Crippen LogP contribution in [-0.4, -0.2) is 41.5 Å². The quantitative estimate of drug-likeness (QED) is 0.815. The maximum Gasteiger partial charge on any atom is 0.178 e. The molecule has 0 aromatic heterocycles. The van der Waals surface area contributed by atoms with E-state index >= 15 is 0 Å². The Morgan fingerprint density at radius 1 is 1.42 bits per heavy atom. The number of hydrogen-bond donors (Lipinski definition) is 1. The normalized spacial score (nSPS) is 19.8. The number of aliphatic hydroxyl groups is 1. The van der Waals surface area contributed by atoms with Gasteiger partial charge < -0.3 is 5.11 Å². The molecule has 0 bridgehead atoms. The lowest BCUT2D eigenvalue weighted by molar-refractivity contribution is 0.0916. The monoisotopic (exact) mass is 281 g/mol. The van der Waals surface area contributed by atoms with Gasteiger partial charge in [-0.05, 0) is 44.4 Å². The number of carbonyl (C=O) groups excluding carboxylic acids is 1. The summed E-state index contributed by atoms with van der Waals surface area (Å²) in [5, 5.41) is 9.43.